The summed E-state index contributed by atoms with van der Waals surface area (Å²) >= 11 is 1.64. The number of thioether (sulfide) groups is 1. The smallest absolute Gasteiger partial charge is 0.323 e. The number of allylic oxidation sites excluding steroid dienone is 4. The summed E-state index contributed by atoms with van der Waals surface area (Å²) in [5.41, 5.74) is 5.29. The monoisotopic (exact) mass is 589 g/mol. The molecule has 0 saturated heterocycles. The molecule has 0 saturated carbocycles. The molecule has 0 radical (unpaired) electrons. The number of ketones is 2. The average Bonchev–Trinajstić information content (AvgIpc) is 2.88. The van der Waals surface area contributed by atoms with Gasteiger partial charge in [-0.15, -0.1) is 0 Å². The van der Waals surface area contributed by atoms with Crippen molar-refractivity contribution in [3.63, 3.8) is 0 Å². The molecule has 0 bridgehead atoms. The van der Waals surface area contributed by atoms with Crippen LogP contribution in [0.15, 0.2) is 22.3 Å². The van der Waals surface area contributed by atoms with Crippen LogP contribution in [-0.2, 0) is 19.1 Å². The number of carbonyl (C=O) groups is 3. The van der Waals surface area contributed by atoms with Crippen LogP contribution in [0.2, 0.25) is 0 Å². The summed E-state index contributed by atoms with van der Waals surface area (Å²) in [4.78, 5) is 40.2. The van der Waals surface area contributed by atoms with Crippen molar-refractivity contribution in [2.45, 2.75) is 145 Å². The number of nitrogens with one attached hydrogen (secondary N) is 1. The van der Waals surface area contributed by atoms with Crippen molar-refractivity contribution in [1.82, 2.24) is 5.32 Å². The van der Waals surface area contributed by atoms with Crippen molar-refractivity contribution in [3.8, 4) is 0 Å². The molecule has 2 aliphatic carbocycles. The highest BCUT2D eigenvalue weighted by Gasteiger charge is 2.42. The minimum Gasteiger partial charge on any atom is -0.465 e. The highest BCUT2D eigenvalue weighted by Crippen LogP contribution is 2.47. The molecule has 5 unspecified atom stereocenters. The fraction of sp³-hybridized carbons (Fsp3) is 0.800. The van der Waals surface area contributed by atoms with Crippen molar-refractivity contribution in [2.24, 2.45) is 22.7 Å². The summed E-state index contributed by atoms with van der Waals surface area (Å²) in [6.45, 7) is 23.8. The number of esters is 1. The van der Waals surface area contributed by atoms with Crippen LogP contribution in [0.5, 0.6) is 0 Å². The fourth-order valence-corrected chi connectivity index (χ4v) is 8.34. The molecule has 2 aliphatic rings. The summed E-state index contributed by atoms with van der Waals surface area (Å²) in [6, 6.07) is -0.684. The normalized spacial score (nSPS) is 24.6. The Balaban J connectivity index is 2.06. The summed E-state index contributed by atoms with van der Waals surface area (Å²) in [5, 5.41) is 3.51. The van der Waals surface area contributed by atoms with Crippen molar-refractivity contribution in [2.75, 3.05) is 12.4 Å². The van der Waals surface area contributed by atoms with Crippen LogP contribution in [0, 0.1) is 22.7 Å². The van der Waals surface area contributed by atoms with Gasteiger partial charge in [-0.05, 0) is 77.0 Å². The number of hydrogen-bond acceptors (Lipinski definition) is 6. The van der Waals surface area contributed by atoms with Crippen LogP contribution in [0.1, 0.15) is 128 Å². The third-order valence-electron chi connectivity index (χ3n) is 9.65. The molecule has 0 aromatic rings. The van der Waals surface area contributed by atoms with Crippen LogP contribution < -0.4 is 5.32 Å². The number of ether oxygens (including phenoxy) is 1. The minimum absolute atomic E-state index is 0.0240. The van der Waals surface area contributed by atoms with Gasteiger partial charge in [-0.1, -0.05) is 70.8 Å². The lowest BCUT2D eigenvalue weighted by Crippen LogP contribution is -2.47. The van der Waals surface area contributed by atoms with Crippen LogP contribution in [0.3, 0.4) is 0 Å². The molecule has 0 aromatic heterocycles. The van der Waals surface area contributed by atoms with E-state index in [2.05, 4.69) is 67.6 Å². The number of Topliss-reactive ketones (excluding diaryl/α,β-unsaturated/α-hetero) is 2. The third kappa shape index (κ3) is 9.29. The Labute approximate surface area is 255 Å². The predicted octanol–water partition coefficient (Wildman–Crippen LogP) is 8.26. The van der Waals surface area contributed by atoms with E-state index in [0.717, 1.165) is 38.5 Å². The zero-order valence-electron chi connectivity index (χ0n) is 28.0. The maximum Gasteiger partial charge on any atom is 0.323 e. The van der Waals surface area contributed by atoms with Gasteiger partial charge in [0.25, 0.3) is 0 Å². The van der Waals surface area contributed by atoms with E-state index in [1.165, 1.54) is 22.3 Å². The van der Waals surface area contributed by atoms with Crippen LogP contribution in [-0.4, -0.2) is 47.2 Å². The van der Waals surface area contributed by atoms with Gasteiger partial charge >= 0.3 is 5.97 Å². The molecule has 6 heteroatoms. The Morgan fingerprint density at radius 1 is 0.854 bits per heavy atom. The van der Waals surface area contributed by atoms with Crippen molar-refractivity contribution >= 4 is 29.3 Å². The largest absolute Gasteiger partial charge is 0.465 e. The second kappa shape index (κ2) is 15.4. The van der Waals surface area contributed by atoms with E-state index in [4.69, 9.17) is 4.74 Å². The zero-order chi connectivity index (χ0) is 31.1. The molecule has 234 valence electrons. The molecule has 0 heterocycles. The molecule has 0 aromatic carbocycles. The van der Waals surface area contributed by atoms with E-state index in [0.29, 0.717) is 31.0 Å². The summed E-state index contributed by atoms with van der Waals surface area (Å²) < 4.78 is 5.40. The van der Waals surface area contributed by atoms with Crippen LogP contribution >= 0.6 is 11.8 Å². The molecular formula is C35H59NO4S. The molecule has 5 atom stereocenters. The van der Waals surface area contributed by atoms with E-state index in [1.54, 1.807) is 11.8 Å². The second-order valence-electron chi connectivity index (χ2n) is 14.0. The zero-order valence-corrected chi connectivity index (χ0v) is 28.8. The molecule has 1 N–H and O–H groups in total. The van der Waals surface area contributed by atoms with Crippen LogP contribution in [0.25, 0.3) is 0 Å². The van der Waals surface area contributed by atoms with Gasteiger partial charge < -0.3 is 10.1 Å². The van der Waals surface area contributed by atoms with Crippen LogP contribution in [0.4, 0.5) is 0 Å². The predicted molar refractivity (Wildman–Crippen MR) is 173 cm³/mol. The molecule has 2 rings (SSSR count). The van der Waals surface area contributed by atoms with E-state index in [9.17, 15) is 14.4 Å². The Bertz CT molecular complexity index is 1010. The van der Waals surface area contributed by atoms with Crippen molar-refractivity contribution in [1.29, 1.82) is 0 Å². The first-order chi connectivity index (χ1) is 19.1. The van der Waals surface area contributed by atoms with Gasteiger partial charge in [-0.2, -0.15) is 11.8 Å². The molecule has 0 fully saturated rings. The first-order valence-electron chi connectivity index (χ1n) is 16.1. The van der Waals surface area contributed by atoms with Gasteiger partial charge in [-0.3, -0.25) is 14.4 Å². The van der Waals surface area contributed by atoms with Gasteiger partial charge in [0.1, 0.15) is 17.6 Å². The lowest BCUT2D eigenvalue weighted by molar-refractivity contribution is -0.145. The molecule has 0 aliphatic heterocycles. The molecule has 0 spiro atoms. The van der Waals surface area contributed by atoms with Gasteiger partial charge in [0.15, 0.2) is 0 Å². The average molecular weight is 590 g/mol. The van der Waals surface area contributed by atoms with E-state index < -0.39 is 6.04 Å². The lowest BCUT2D eigenvalue weighted by atomic mass is 9.63. The molecule has 0 amide bonds. The van der Waals surface area contributed by atoms with E-state index in [-0.39, 0.29) is 45.7 Å². The lowest BCUT2D eigenvalue weighted by Gasteiger charge is -2.41. The van der Waals surface area contributed by atoms with E-state index >= 15 is 0 Å². The minimum atomic E-state index is -0.526. The van der Waals surface area contributed by atoms with Gasteiger partial charge in [0, 0.05) is 41.7 Å². The second-order valence-corrected chi connectivity index (χ2v) is 15.5. The molecule has 5 nitrogen and oxygen atoms in total. The maximum atomic E-state index is 13.6. The first-order valence-corrected chi connectivity index (χ1v) is 17.1. The standard InChI is InChI=1S/C35H59NO4S/c1-12-26-22(4)15-17-34(8,9)31(26)29(37)19-24(6)36-28(33(39)40-14-3)21-41-25(7)20-30(38)32-27(13-2)23(5)16-18-35(32,10)11/h24-25,28,31-32,36H,12-21H2,1-11H3. The molecular weight excluding hydrogens is 530 g/mol. The maximum absolute atomic E-state index is 13.6. The SMILES string of the molecule is CCOC(=O)C(CSC(C)CC(=O)C1C(CC)=C(C)CCC1(C)C)NC(C)CC(=O)C1C(CC)=C(C)CCC1(C)C. The Morgan fingerprint density at radius 3 is 1.76 bits per heavy atom. The van der Waals surface area contributed by atoms with Gasteiger partial charge in [0.2, 0.25) is 0 Å². The Hall–Kier alpha value is -1.40. The van der Waals surface area contributed by atoms with Gasteiger partial charge in [-0.25, -0.2) is 0 Å². The highest BCUT2D eigenvalue weighted by atomic mass is 32.2. The number of hydrogen-bond donors (Lipinski definition) is 1. The Morgan fingerprint density at radius 2 is 1.32 bits per heavy atom. The fourth-order valence-electron chi connectivity index (χ4n) is 7.31. The van der Waals surface area contributed by atoms with Gasteiger partial charge in [0.05, 0.1) is 6.61 Å². The first kappa shape index (κ1) is 35.8. The third-order valence-corrected chi connectivity index (χ3v) is 10.9. The quantitative estimate of drug-likeness (QED) is 0.153. The summed E-state index contributed by atoms with van der Waals surface area (Å²) in [5.74, 6) is 0.691. The van der Waals surface area contributed by atoms with Crippen molar-refractivity contribution < 1.29 is 19.1 Å². The van der Waals surface area contributed by atoms with E-state index in [1.807, 2.05) is 13.8 Å². The topological polar surface area (TPSA) is 72.5 Å². The Kier molecular flexibility index (Phi) is 13.4. The number of rotatable bonds is 15. The highest BCUT2D eigenvalue weighted by molar-refractivity contribution is 7.99. The number of carbonyl (C=O) groups excluding carboxylic acids is 3. The summed E-state index contributed by atoms with van der Waals surface area (Å²) in [6.07, 6.45) is 6.88. The summed E-state index contributed by atoms with van der Waals surface area (Å²) in [7, 11) is 0. The molecule has 41 heavy (non-hydrogen) atoms. The van der Waals surface area contributed by atoms with Crippen molar-refractivity contribution in [3.05, 3.63) is 22.3 Å².